The van der Waals surface area contributed by atoms with E-state index in [-0.39, 0.29) is 5.91 Å². The van der Waals surface area contributed by atoms with E-state index in [2.05, 4.69) is 10.3 Å². The van der Waals surface area contributed by atoms with Crippen molar-refractivity contribution in [2.45, 2.75) is 26.1 Å². The highest BCUT2D eigenvalue weighted by Crippen LogP contribution is 2.10. The first-order valence-electron chi connectivity index (χ1n) is 4.39. The number of hydrogen-bond donors (Lipinski definition) is 1. The SMILES string of the molecule is Cc1cc(C)nc(NC(=O)C(C)Cl)c1. The maximum absolute atomic E-state index is 11.3. The van der Waals surface area contributed by atoms with E-state index < -0.39 is 5.38 Å². The number of carbonyl (C=O) groups excluding carboxylic acids is 1. The molecule has 0 spiro atoms. The van der Waals surface area contributed by atoms with Crippen LogP contribution in [-0.4, -0.2) is 16.3 Å². The third kappa shape index (κ3) is 3.00. The van der Waals surface area contributed by atoms with Gasteiger partial charge in [0.25, 0.3) is 0 Å². The first-order valence-corrected chi connectivity index (χ1v) is 4.83. The largest absolute Gasteiger partial charge is 0.309 e. The Morgan fingerprint density at radius 1 is 1.50 bits per heavy atom. The fourth-order valence-electron chi connectivity index (χ4n) is 1.13. The Morgan fingerprint density at radius 2 is 2.14 bits per heavy atom. The number of carbonyl (C=O) groups is 1. The lowest BCUT2D eigenvalue weighted by atomic mass is 10.2. The van der Waals surface area contributed by atoms with E-state index in [1.54, 1.807) is 6.92 Å². The summed E-state index contributed by atoms with van der Waals surface area (Å²) in [6.45, 7) is 5.46. The molecular weight excluding hydrogens is 200 g/mol. The molecule has 0 fully saturated rings. The van der Waals surface area contributed by atoms with Crippen molar-refractivity contribution in [1.29, 1.82) is 0 Å². The number of aromatic nitrogens is 1. The molecule has 0 radical (unpaired) electrons. The van der Waals surface area contributed by atoms with Gasteiger partial charge in [-0.15, -0.1) is 11.6 Å². The second-order valence-electron chi connectivity index (χ2n) is 3.28. The van der Waals surface area contributed by atoms with Gasteiger partial charge < -0.3 is 5.32 Å². The zero-order valence-corrected chi connectivity index (χ0v) is 9.22. The van der Waals surface area contributed by atoms with E-state index in [4.69, 9.17) is 11.6 Å². The van der Waals surface area contributed by atoms with Gasteiger partial charge in [0.1, 0.15) is 11.2 Å². The summed E-state index contributed by atoms with van der Waals surface area (Å²) in [5.41, 5.74) is 1.94. The summed E-state index contributed by atoms with van der Waals surface area (Å²) in [6, 6.07) is 3.75. The topological polar surface area (TPSA) is 42.0 Å². The molecule has 3 nitrogen and oxygen atoms in total. The standard InChI is InChI=1S/C10H13ClN2O/c1-6-4-7(2)12-9(5-6)13-10(14)8(3)11/h4-5,8H,1-3H3,(H,12,13,14). The fraction of sp³-hybridized carbons (Fsp3) is 0.400. The van der Waals surface area contributed by atoms with Crippen molar-refractivity contribution in [2.75, 3.05) is 5.32 Å². The number of pyridine rings is 1. The maximum Gasteiger partial charge on any atom is 0.243 e. The molecule has 4 heteroatoms. The van der Waals surface area contributed by atoms with Crippen LogP contribution >= 0.6 is 11.6 Å². The third-order valence-corrected chi connectivity index (χ3v) is 1.91. The summed E-state index contributed by atoms with van der Waals surface area (Å²) in [5, 5.41) is 2.10. The van der Waals surface area contributed by atoms with Crippen molar-refractivity contribution < 1.29 is 4.79 Å². The van der Waals surface area contributed by atoms with Crippen LogP contribution in [0, 0.1) is 13.8 Å². The van der Waals surface area contributed by atoms with Crippen molar-refractivity contribution >= 4 is 23.3 Å². The van der Waals surface area contributed by atoms with Crippen LogP contribution in [0.15, 0.2) is 12.1 Å². The molecule has 1 N–H and O–H groups in total. The Hall–Kier alpha value is -1.09. The molecule has 14 heavy (non-hydrogen) atoms. The van der Waals surface area contributed by atoms with Crippen LogP contribution in [0.4, 0.5) is 5.82 Å². The van der Waals surface area contributed by atoms with Gasteiger partial charge >= 0.3 is 0 Å². The quantitative estimate of drug-likeness (QED) is 0.765. The van der Waals surface area contributed by atoms with Gasteiger partial charge in [-0.25, -0.2) is 4.98 Å². The molecule has 0 bridgehead atoms. The summed E-state index contributed by atoms with van der Waals surface area (Å²) < 4.78 is 0. The number of nitrogens with one attached hydrogen (secondary N) is 1. The van der Waals surface area contributed by atoms with E-state index in [0.29, 0.717) is 5.82 Å². The molecule has 76 valence electrons. The smallest absolute Gasteiger partial charge is 0.243 e. The Kier molecular flexibility index (Phi) is 3.47. The third-order valence-electron chi connectivity index (χ3n) is 1.71. The number of amides is 1. The van der Waals surface area contributed by atoms with Gasteiger partial charge in [0.2, 0.25) is 5.91 Å². The van der Waals surface area contributed by atoms with Crippen LogP contribution in [-0.2, 0) is 4.79 Å². The molecule has 1 unspecified atom stereocenters. The Bertz CT molecular complexity index is 330. The molecule has 0 saturated heterocycles. The highest BCUT2D eigenvalue weighted by Gasteiger charge is 2.09. The molecule has 0 aromatic carbocycles. The van der Waals surface area contributed by atoms with Gasteiger partial charge in [0.15, 0.2) is 0 Å². The molecular formula is C10H13ClN2O. The molecule has 1 aromatic rings. The monoisotopic (exact) mass is 212 g/mol. The fourth-order valence-corrected chi connectivity index (χ4v) is 1.19. The molecule has 0 aliphatic rings. The molecule has 0 saturated carbocycles. The highest BCUT2D eigenvalue weighted by atomic mass is 35.5. The molecule has 0 aliphatic carbocycles. The number of alkyl halides is 1. The van der Waals surface area contributed by atoms with Crippen molar-refractivity contribution in [2.24, 2.45) is 0 Å². The van der Waals surface area contributed by atoms with Gasteiger partial charge in [-0.05, 0) is 38.5 Å². The van der Waals surface area contributed by atoms with E-state index in [1.807, 2.05) is 26.0 Å². The normalized spacial score (nSPS) is 12.3. The molecule has 1 atom stereocenters. The number of halogens is 1. The highest BCUT2D eigenvalue weighted by molar-refractivity contribution is 6.32. The predicted molar refractivity (Wildman–Crippen MR) is 57.7 cm³/mol. The summed E-state index contributed by atoms with van der Waals surface area (Å²) in [4.78, 5) is 15.4. The lowest BCUT2D eigenvalue weighted by molar-refractivity contribution is -0.115. The van der Waals surface area contributed by atoms with Gasteiger partial charge in [-0.1, -0.05) is 0 Å². The second-order valence-corrected chi connectivity index (χ2v) is 3.93. The zero-order valence-electron chi connectivity index (χ0n) is 8.47. The van der Waals surface area contributed by atoms with Crippen molar-refractivity contribution in [3.05, 3.63) is 23.4 Å². The van der Waals surface area contributed by atoms with Crippen molar-refractivity contribution in [1.82, 2.24) is 4.98 Å². The Labute approximate surface area is 88.5 Å². The van der Waals surface area contributed by atoms with Crippen LogP contribution in [0.1, 0.15) is 18.2 Å². The van der Waals surface area contributed by atoms with Crippen LogP contribution in [0.5, 0.6) is 0 Å². The van der Waals surface area contributed by atoms with Crippen molar-refractivity contribution in [3.63, 3.8) is 0 Å². The Balaban J connectivity index is 2.82. The number of nitrogens with zero attached hydrogens (tertiary/aromatic N) is 1. The molecule has 0 aliphatic heterocycles. The van der Waals surface area contributed by atoms with E-state index in [0.717, 1.165) is 11.3 Å². The lowest BCUT2D eigenvalue weighted by Crippen LogP contribution is -2.21. The maximum atomic E-state index is 11.3. The van der Waals surface area contributed by atoms with Crippen LogP contribution in [0.25, 0.3) is 0 Å². The minimum absolute atomic E-state index is 0.232. The van der Waals surface area contributed by atoms with Crippen LogP contribution in [0.2, 0.25) is 0 Å². The van der Waals surface area contributed by atoms with Gasteiger partial charge in [0, 0.05) is 5.69 Å². The van der Waals surface area contributed by atoms with E-state index in [9.17, 15) is 4.79 Å². The summed E-state index contributed by atoms with van der Waals surface area (Å²) >= 11 is 5.62. The first-order chi connectivity index (χ1) is 6.49. The van der Waals surface area contributed by atoms with Crippen LogP contribution < -0.4 is 5.32 Å². The van der Waals surface area contributed by atoms with Crippen LogP contribution in [0.3, 0.4) is 0 Å². The van der Waals surface area contributed by atoms with Crippen molar-refractivity contribution in [3.8, 4) is 0 Å². The average molecular weight is 213 g/mol. The molecule has 1 heterocycles. The number of aryl methyl sites for hydroxylation is 2. The molecule has 1 amide bonds. The number of anilines is 1. The second kappa shape index (κ2) is 4.42. The zero-order chi connectivity index (χ0) is 10.7. The molecule has 1 aromatic heterocycles. The van der Waals surface area contributed by atoms with E-state index in [1.165, 1.54) is 0 Å². The Morgan fingerprint density at radius 3 is 2.64 bits per heavy atom. The first kappa shape index (κ1) is 11.0. The molecule has 1 rings (SSSR count). The number of rotatable bonds is 2. The van der Waals surface area contributed by atoms with E-state index >= 15 is 0 Å². The minimum Gasteiger partial charge on any atom is -0.309 e. The van der Waals surface area contributed by atoms with Gasteiger partial charge in [-0.2, -0.15) is 0 Å². The summed E-state index contributed by atoms with van der Waals surface area (Å²) in [6.07, 6.45) is 0. The predicted octanol–water partition coefficient (Wildman–Crippen LogP) is 2.26. The number of hydrogen-bond acceptors (Lipinski definition) is 2. The van der Waals surface area contributed by atoms with Gasteiger partial charge in [-0.3, -0.25) is 4.79 Å². The summed E-state index contributed by atoms with van der Waals surface area (Å²) in [5.74, 6) is 0.323. The minimum atomic E-state index is -0.544. The summed E-state index contributed by atoms with van der Waals surface area (Å²) in [7, 11) is 0. The average Bonchev–Trinajstić information content (AvgIpc) is 2.01. The lowest BCUT2D eigenvalue weighted by Gasteiger charge is -2.07. The van der Waals surface area contributed by atoms with Gasteiger partial charge in [0.05, 0.1) is 0 Å².